The van der Waals surface area contributed by atoms with Gasteiger partial charge in [0.25, 0.3) is 0 Å². The van der Waals surface area contributed by atoms with E-state index in [2.05, 4.69) is 55.6 Å². The van der Waals surface area contributed by atoms with E-state index in [1.165, 1.54) is 11.1 Å². The molecule has 1 heterocycles. The summed E-state index contributed by atoms with van der Waals surface area (Å²) in [6.45, 7) is 8.14. The van der Waals surface area contributed by atoms with E-state index >= 15 is 0 Å². The van der Waals surface area contributed by atoms with Crippen LogP contribution in [0, 0.1) is 13.8 Å². The van der Waals surface area contributed by atoms with Crippen LogP contribution in [0.15, 0.2) is 30.5 Å². The van der Waals surface area contributed by atoms with E-state index in [1.54, 1.807) is 0 Å². The fourth-order valence-corrected chi connectivity index (χ4v) is 1.87. The van der Waals surface area contributed by atoms with Gasteiger partial charge in [-0.15, -0.1) is 0 Å². The number of aromatic nitrogens is 2. The normalized spacial score (nSPS) is 10.8. The van der Waals surface area contributed by atoms with Crippen LogP contribution < -0.4 is 5.32 Å². The summed E-state index contributed by atoms with van der Waals surface area (Å²) in [5, 5.41) is 7.90. The molecule has 90 valence electrons. The summed E-state index contributed by atoms with van der Waals surface area (Å²) < 4.78 is 1.97. The minimum atomic E-state index is 0.883. The molecule has 0 aliphatic heterocycles. The Morgan fingerprint density at radius 1 is 1.24 bits per heavy atom. The maximum atomic E-state index is 4.57. The first-order chi connectivity index (χ1) is 8.22. The maximum Gasteiger partial charge on any atom is 0.0674 e. The molecular formula is C14H19N3. The minimum absolute atomic E-state index is 0.883. The van der Waals surface area contributed by atoms with Crippen LogP contribution >= 0.6 is 0 Å². The number of hydrogen-bond donors (Lipinski definition) is 1. The topological polar surface area (TPSA) is 29.9 Å². The van der Waals surface area contributed by atoms with E-state index in [1.807, 2.05) is 10.7 Å². The Hall–Kier alpha value is -1.61. The van der Waals surface area contributed by atoms with Gasteiger partial charge in [-0.1, -0.05) is 25.1 Å². The predicted molar refractivity (Wildman–Crippen MR) is 70.4 cm³/mol. The largest absolute Gasteiger partial charge is 0.313 e. The van der Waals surface area contributed by atoms with Crippen LogP contribution in [0.25, 0.3) is 5.69 Å². The Balaban J connectivity index is 2.31. The summed E-state index contributed by atoms with van der Waals surface area (Å²) in [4.78, 5) is 0. The van der Waals surface area contributed by atoms with E-state index in [4.69, 9.17) is 0 Å². The van der Waals surface area contributed by atoms with Gasteiger partial charge in [-0.05, 0) is 32.0 Å². The highest BCUT2D eigenvalue weighted by Gasteiger charge is 2.06. The van der Waals surface area contributed by atoms with E-state index < -0.39 is 0 Å². The monoisotopic (exact) mass is 229 g/mol. The molecular weight excluding hydrogens is 210 g/mol. The number of hydrogen-bond acceptors (Lipinski definition) is 2. The van der Waals surface area contributed by atoms with Crippen molar-refractivity contribution in [1.29, 1.82) is 0 Å². The molecule has 0 amide bonds. The second-order valence-corrected chi connectivity index (χ2v) is 4.25. The van der Waals surface area contributed by atoms with E-state index in [9.17, 15) is 0 Å². The Morgan fingerprint density at radius 2 is 2.00 bits per heavy atom. The molecule has 2 rings (SSSR count). The molecule has 0 unspecified atom stereocenters. The molecule has 1 aromatic heterocycles. The van der Waals surface area contributed by atoms with Gasteiger partial charge in [-0.3, -0.25) is 0 Å². The molecule has 17 heavy (non-hydrogen) atoms. The predicted octanol–water partition coefficient (Wildman–Crippen LogP) is 2.60. The van der Waals surface area contributed by atoms with Gasteiger partial charge in [0.05, 0.1) is 11.4 Å². The van der Waals surface area contributed by atoms with E-state index in [-0.39, 0.29) is 0 Å². The molecule has 0 saturated heterocycles. The zero-order valence-corrected chi connectivity index (χ0v) is 10.7. The summed E-state index contributed by atoms with van der Waals surface area (Å²) in [5.41, 5.74) is 4.74. The van der Waals surface area contributed by atoms with Crippen LogP contribution in [0.5, 0.6) is 0 Å². The Morgan fingerprint density at radius 3 is 2.71 bits per heavy atom. The van der Waals surface area contributed by atoms with Gasteiger partial charge < -0.3 is 5.32 Å². The van der Waals surface area contributed by atoms with Gasteiger partial charge in [-0.2, -0.15) is 5.10 Å². The van der Waals surface area contributed by atoms with Crippen LogP contribution in [-0.4, -0.2) is 16.3 Å². The van der Waals surface area contributed by atoms with Crippen molar-refractivity contribution in [2.45, 2.75) is 27.3 Å². The van der Waals surface area contributed by atoms with Crippen LogP contribution in [0.2, 0.25) is 0 Å². The number of benzene rings is 1. The van der Waals surface area contributed by atoms with Crippen LogP contribution in [0.1, 0.15) is 23.7 Å². The third kappa shape index (κ3) is 2.56. The number of nitrogens with one attached hydrogen (secondary N) is 1. The fourth-order valence-electron chi connectivity index (χ4n) is 1.87. The lowest BCUT2D eigenvalue weighted by molar-refractivity contribution is 0.723. The van der Waals surface area contributed by atoms with Crippen molar-refractivity contribution in [1.82, 2.24) is 15.1 Å². The van der Waals surface area contributed by atoms with Gasteiger partial charge in [0.1, 0.15) is 0 Å². The number of nitrogens with zero attached hydrogens (tertiary/aromatic N) is 2. The molecule has 0 saturated carbocycles. The first-order valence-corrected chi connectivity index (χ1v) is 6.04. The van der Waals surface area contributed by atoms with Crippen LogP contribution in [0.4, 0.5) is 0 Å². The highest BCUT2D eigenvalue weighted by atomic mass is 15.3. The zero-order valence-electron chi connectivity index (χ0n) is 10.7. The second kappa shape index (κ2) is 5.15. The van der Waals surface area contributed by atoms with Crippen molar-refractivity contribution >= 4 is 0 Å². The summed E-state index contributed by atoms with van der Waals surface area (Å²) in [7, 11) is 0. The molecule has 0 radical (unpaired) electrons. The van der Waals surface area contributed by atoms with Crippen molar-refractivity contribution < 1.29 is 0 Å². The quantitative estimate of drug-likeness (QED) is 0.873. The molecule has 0 spiro atoms. The van der Waals surface area contributed by atoms with Gasteiger partial charge in [-0.25, -0.2) is 4.68 Å². The lowest BCUT2D eigenvalue weighted by Crippen LogP contribution is -2.11. The highest BCUT2D eigenvalue weighted by Crippen LogP contribution is 2.15. The SMILES string of the molecule is CCNCc1cn(-c2ccccc2C)nc1C. The van der Waals surface area contributed by atoms with Crippen molar-refractivity contribution in [3.8, 4) is 5.69 Å². The van der Waals surface area contributed by atoms with Crippen LogP contribution in [-0.2, 0) is 6.54 Å². The Labute approximate surface area is 102 Å². The zero-order chi connectivity index (χ0) is 12.3. The van der Waals surface area contributed by atoms with E-state index in [0.29, 0.717) is 0 Å². The lowest BCUT2D eigenvalue weighted by Gasteiger charge is -2.04. The molecule has 3 heteroatoms. The Bertz CT molecular complexity index is 500. The molecule has 0 aliphatic carbocycles. The molecule has 0 aliphatic rings. The summed E-state index contributed by atoms with van der Waals surface area (Å²) in [5.74, 6) is 0. The van der Waals surface area contributed by atoms with Crippen molar-refractivity contribution in [3.63, 3.8) is 0 Å². The average molecular weight is 229 g/mol. The molecule has 2 aromatic rings. The number of aryl methyl sites for hydroxylation is 2. The van der Waals surface area contributed by atoms with Gasteiger partial charge >= 0.3 is 0 Å². The summed E-state index contributed by atoms with van der Waals surface area (Å²) in [6.07, 6.45) is 2.11. The molecule has 0 fully saturated rings. The molecule has 0 atom stereocenters. The third-order valence-electron chi connectivity index (χ3n) is 2.93. The number of para-hydroxylation sites is 1. The standard InChI is InChI=1S/C14H19N3/c1-4-15-9-13-10-17(16-12(13)3)14-8-6-5-7-11(14)2/h5-8,10,15H,4,9H2,1-3H3. The smallest absolute Gasteiger partial charge is 0.0674 e. The summed E-state index contributed by atoms with van der Waals surface area (Å²) in [6, 6.07) is 8.30. The van der Waals surface area contributed by atoms with Gasteiger partial charge in [0.2, 0.25) is 0 Å². The van der Waals surface area contributed by atoms with Crippen molar-refractivity contribution in [3.05, 3.63) is 47.3 Å². The molecule has 3 nitrogen and oxygen atoms in total. The highest BCUT2D eigenvalue weighted by molar-refractivity contribution is 5.40. The van der Waals surface area contributed by atoms with Gasteiger partial charge in [0.15, 0.2) is 0 Å². The summed E-state index contributed by atoms with van der Waals surface area (Å²) >= 11 is 0. The van der Waals surface area contributed by atoms with Crippen molar-refractivity contribution in [2.75, 3.05) is 6.54 Å². The first-order valence-electron chi connectivity index (χ1n) is 6.04. The number of rotatable bonds is 4. The van der Waals surface area contributed by atoms with Gasteiger partial charge in [0, 0.05) is 18.3 Å². The average Bonchev–Trinajstić information content (AvgIpc) is 2.68. The lowest BCUT2D eigenvalue weighted by atomic mass is 10.2. The third-order valence-corrected chi connectivity index (χ3v) is 2.93. The van der Waals surface area contributed by atoms with Crippen LogP contribution in [0.3, 0.4) is 0 Å². The molecule has 0 bridgehead atoms. The maximum absolute atomic E-state index is 4.57. The van der Waals surface area contributed by atoms with E-state index in [0.717, 1.165) is 24.5 Å². The molecule has 1 N–H and O–H groups in total. The fraction of sp³-hybridized carbons (Fsp3) is 0.357. The molecule has 1 aromatic carbocycles. The first kappa shape index (κ1) is 11.9. The van der Waals surface area contributed by atoms with Crippen molar-refractivity contribution in [2.24, 2.45) is 0 Å². The second-order valence-electron chi connectivity index (χ2n) is 4.25. The minimum Gasteiger partial charge on any atom is -0.313 e. The Kier molecular flexibility index (Phi) is 3.59.